The number of ether oxygens (including phenoxy) is 1. The van der Waals surface area contributed by atoms with Gasteiger partial charge in [0.05, 0.1) is 12.7 Å². The van der Waals surface area contributed by atoms with Gasteiger partial charge < -0.3 is 4.74 Å². The molecule has 0 amide bonds. The van der Waals surface area contributed by atoms with Crippen molar-refractivity contribution in [1.82, 2.24) is 9.03 Å². The molecule has 0 fully saturated rings. The van der Waals surface area contributed by atoms with Crippen LogP contribution in [0.15, 0.2) is 24.3 Å². The Morgan fingerprint density at radius 2 is 2.10 bits per heavy atom. The summed E-state index contributed by atoms with van der Waals surface area (Å²) in [5, 5.41) is 8.58. The molecule has 0 aliphatic rings. The van der Waals surface area contributed by atoms with E-state index in [1.165, 1.54) is 25.3 Å². The number of halogens is 1. The molecule has 0 aliphatic carbocycles. The first-order valence-corrected chi connectivity index (χ1v) is 7.79. The molecule has 0 heterocycles. The van der Waals surface area contributed by atoms with Crippen molar-refractivity contribution in [2.45, 2.75) is 13.0 Å². The molecular weight excluding hydrogens is 297 g/mol. The molecule has 0 atom stereocenters. The molecule has 8 heteroatoms. The van der Waals surface area contributed by atoms with Crippen molar-refractivity contribution in [3.05, 3.63) is 35.6 Å². The predicted octanol–water partition coefficient (Wildman–Crippen LogP) is 1.02. The van der Waals surface area contributed by atoms with E-state index in [1.807, 2.05) is 6.07 Å². The third kappa shape index (κ3) is 5.77. The van der Waals surface area contributed by atoms with Crippen molar-refractivity contribution in [3.8, 4) is 6.07 Å². The van der Waals surface area contributed by atoms with Gasteiger partial charge in [-0.25, -0.2) is 4.39 Å². The Labute approximate surface area is 124 Å². The van der Waals surface area contributed by atoms with E-state index in [4.69, 9.17) is 10.00 Å². The summed E-state index contributed by atoms with van der Waals surface area (Å²) in [6.07, 6.45) is 0.0737. The van der Waals surface area contributed by atoms with Crippen molar-refractivity contribution in [2.75, 3.05) is 26.8 Å². The van der Waals surface area contributed by atoms with E-state index in [2.05, 4.69) is 4.72 Å². The maximum absolute atomic E-state index is 13.5. The summed E-state index contributed by atoms with van der Waals surface area (Å²) in [6.45, 7) is 0.258. The molecule has 1 rings (SSSR count). The summed E-state index contributed by atoms with van der Waals surface area (Å²) < 4.78 is 46.1. The number of hydrogen-bond acceptors (Lipinski definition) is 4. The minimum absolute atomic E-state index is 0.0620. The lowest BCUT2D eigenvalue weighted by molar-refractivity contribution is 0.179. The summed E-state index contributed by atoms with van der Waals surface area (Å²) >= 11 is 0. The minimum Gasteiger partial charge on any atom is -0.383 e. The molecule has 1 N–H and O–H groups in total. The van der Waals surface area contributed by atoms with Crippen LogP contribution in [0, 0.1) is 17.1 Å². The summed E-state index contributed by atoms with van der Waals surface area (Å²) in [5.74, 6) is -0.472. The molecule has 21 heavy (non-hydrogen) atoms. The van der Waals surface area contributed by atoms with Gasteiger partial charge >= 0.3 is 0 Å². The number of nitrogens with one attached hydrogen (secondary N) is 1. The second kappa shape index (κ2) is 8.69. The van der Waals surface area contributed by atoms with Gasteiger partial charge in [0.25, 0.3) is 10.2 Å². The summed E-state index contributed by atoms with van der Waals surface area (Å²) in [5.41, 5.74) is 0.257. The number of rotatable bonds is 9. The Bertz CT molecular complexity index is 587. The molecule has 0 saturated carbocycles. The van der Waals surface area contributed by atoms with Gasteiger partial charge in [-0.3, -0.25) is 0 Å². The van der Waals surface area contributed by atoms with Crippen molar-refractivity contribution in [1.29, 1.82) is 5.26 Å². The molecule has 0 spiro atoms. The molecule has 1 aromatic carbocycles. The van der Waals surface area contributed by atoms with E-state index in [-0.39, 0.29) is 38.2 Å². The lowest BCUT2D eigenvalue weighted by Crippen LogP contribution is -2.42. The molecule has 0 saturated heterocycles. The summed E-state index contributed by atoms with van der Waals surface area (Å²) in [6, 6.07) is 7.83. The average molecular weight is 315 g/mol. The van der Waals surface area contributed by atoms with Crippen LogP contribution in [0.25, 0.3) is 0 Å². The van der Waals surface area contributed by atoms with Crippen LogP contribution >= 0.6 is 0 Å². The lowest BCUT2D eigenvalue weighted by atomic mass is 10.2. The van der Waals surface area contributed by atoms with E-state index in [0.717, 1.165) is 4.31 Å². The molecule has 0 unspecified atom stereocenters. The third-order valence-corrected chi connectivity index (χ3v) is 4.31. The molecular formula is C13H18FN3O3S. The first-order chi connectivity index (χ1) is 10.0. The monoisotopic (exact) mass is 315 g/mol. The van der Waals surface area contributed by atoms with E-state index in [9.17, 15) is 12.8 Å². The first kappa shape index (κ1) is 17.5. The van der Waals surface area contributed by atoms with Crippen LogP contribution in [0.2, 0.25) is 0 Å². The topological polar surface area (TPSA) is 82.4 Å². The lowest BCUT2D eigenvalue weighted by Gasteiger charge is -2.21. The van der Waals surface area contributed by atoms with Crippen LogP contribution in [0.1, 0.15) is 12.0 Å². The fraction of sp³-hybridized carbons (Fsp3) is 0.462. The highest BCUT2D eigenvalue weighted by Gasteiger charge is 2.21. The third-order valence-electron chi connectivity index (χ3n) is 2.76. The van der Waals surface area contributed by atoms with Crippen LogP contribution < -0.4 is 4.72 Å². The Balaban J connectivity index is 2.72. The van der Waals surface area contributed by atoms with Gasteiger partial charge in [-0.1, -0.05) is 18.2 Å². The Hall–Kier alpha value is -1.53. The second-order valence-corrected chi connectivity index (χ2v) is 5.97. The van der Waals surface area contributed by atoms with Gasteiger partial charge in [0, 0.05) is 38.7 Å². The maximum atomic E-state index is 13.5. The van der Waals surface area contributed by atoms with Gasteiger partial charge in [-0.15, -0.1) is 0 Å². The van der Waals surface area contributed by atoms with Gasteiger partial charge in [0.15, 0.2) is 0 Å². The Morgan fingerprint density at radius 1 is 1.38 bits per heavy atom. The van der Waals surface area contributed by atoms with Gasteiger partial charge in [-0.2, -0.15) is 22.7 Å². The number of benzene rings is 1. The minimum atomic E-state index is -3.80. The van der Waals surface area contributed by atoms with Gasteiger partial charge in [0.1, 0.15) is 5.82 Å². The number of nitriles is 1. The molecule has 0 aliphatic heterocycles. The molecule has 0 bridgehead atoms. The SMILES string of the molecule is COCCN(CCC#N)S(=O)(=O)NCc1ccccc1F. The number of hydrogen-bond donors (Lipinski definition) is 1. The van der Waals surface area contributed by atoms with Crippen molar-refractivity contribution in [2.24, 2.45) is 0 Å². The molecule has 0 aromatic heterocycles. The van der Waals surface area contributed by atoms with Crippen LogP contribution in [0.4, 0.5) is 4.39 Å². The Kier molecular flexibility index (Phi) is 7.25. The van der Waals surface area contributed by atoms with Crippen LogP contribution in [-0.4, -0.2) is 39.5 Å². The molecule has 0 radical (unpaired) electrons. The van der Waals surface area contributed by atoms with E-state index in [1.54, 1.807) is 6.07 Å². The maximum Gasteiger partial charge on any atom is 0.279 e. The smallest absolute Gasteiger partial charge is 0.279 e. The molecule has 116 valence electrons. The normalized spacial score (nSPS) is 11.5. The molecule has 6 nitrogen and oxygen atoms in total. The zero-order valence-corrected chi connectivity index (χ0v) is 12.6. The van der Waals surface area contributed by atoms with Gasteiger partial charge in [-0.05, 0) is 6.07 Å². The molecule has 1 aromatic rings. The highest BCUT2D eigenvalue weighted by Crippen LogP contribution is 2.07. The summed E-state index contributed by atoms with van der Waals surface area (Å²) in [4.78, 5) is 0. The van der Waals surface area contributed by atoms with Crippen molar-refractivity contribution in [3.63, 3.8) is 0 Å². The van der Waals surface area contributed by atoms with E-state index in [0.29, 0.717) is 0 Å². The zero-order chi connectivity index (χ0) is 15.7. The van der Waals surface area contributed by atoms with Crippen LogP contribution in [0.3, 0.4) is 0 Å². The highest BCUT2D eigenvalue weighted by molar-refractivity contribution is 7.87. The van der Waals surface area contributed by atoms with Crippen LogP contribution in [0.5, 0.6) is 0 Å². The zero-order valence-electron chi connectivity index (χ0n) is 11.8. The largest absolute Gasteiger partial charge is 0.383 e. The number of nitrogens with zero attached hydrogens (tertiary/aromatic N) is 2. The van der Waals surface area contributed by atoms with E-state index >= 15 is 0 Å². The quantitative estimate of drug-likeness (QED) is 0.737. The highest BCUT2D eigenvalue weighted by atomic mass is 32.2. The fourth-order valence-corrected chi connectivity index (χ4v) is 2.79. The van der Waals surface area contributed by atoms with Crippen molar-refractivity contribution < 1.29 is 17.5 Å². The van der Waals surface area contributed by atoms with Gasteiger partial charge in [0.2, 0.25) is 0 Å². The van der Waals surface area contributed by atoms with Crippen LogP contribution in [-0.2, 0) is 21.5 Å². The fourth-order valence-electron chi connectivity index (χ4n) is 1.62. The average Bonchev–Trinajstić information content (AvgIpc) is 2.46. The standard InChI is InChI=1S/C13H18FN3O3S/c1-20-10-9-17(8-4-7-15)21(18,19)16-11-12-5-2-3-6-13(12)14/h2-3,5-6,16H,4,8-11H2,1H3. The number of methoxy groups -OCH3 is 1. The Morgan fingerprint density at radius 3 is 2.71 bits per heavy atom. The predicted molar refractivity (Wildman–Crippen MR) is 75.8 cm³/mol. The van der Waals surface area contributed by atoms with Crippen molar-refractivity contribution >= 4 is 10.2 Å². The first-order valence-electron chi connectivity index (χ1n) is 6.35. The second-order valence-electron chi connectivity index (χ2n) is 4.22. The summed E-state index contributed by atoms with van der Waals surface area (Å²) in [7, 11) is -2.34. The van der Waals surface area contributed by atoms with E-state index < -0.39 is 16.0 Å².